The first-order valence-electron chi connectivity index (χ1n) is 6.83. The van der Waals surface area contributed by atoms with Gasteiger partial charge in [0.05, 0.1) is 0 Å². The lowest BCUT2D eigenvalue weighted by Crippen LogP contribution is -2.27. The van der Waals surface area contributed by atoms with Gasteiger partial charge in [0.2, 0.25) is 8.67 Å². The molecule has 1 aromatic rings. The van der Waals surface area contributed by atoms with E-state index in [0.717, 1.165) is 5.56 Å². The first-order chi connectivity index (χ1) is 10.6. The van der Waals surface area contributed by atoms with Crippen molar-refractivity contribution in [2.75, 3.05) is 0 Å². The van der Waals surface area contributed by atoms with Gasteiger partial charge in [0.1, 0.15) is 0 Å². The van der Waals surface area contributed by atoms with E-state index in [9.17, 15) is 9.59 Å². The smallest absolute Gasteiger partial charge is 0.340 e. The number of carboxylic acid groups (broad SMARTS) is 2. The maximum absolute atomic E-state index is 11.0. The molecule has 23 heavy (non-hydrogen) atoms. The zero-order valence-electron chi connectivity index (χ0n) is 12.0. The highest BCUT2D eigenvalue weighted by Gasteiger charge is 2.36. The summed E-state index contributed by atoms with van der Waals surface area (Å²) in [5.41, 5.74) is 0.913. The molecule has 0 aliphatic carbocycles. The van der Waals surface area contributed by atoms with Crippen LogP contribution in [0.4, 0.5) is 0 Å². The Bertz CT molecular complexity index is 516. The monoisotopic (exact) mass is 400 g/mol. The standard InChI is InChI=1S/C15H16Cl4O4/c16-14(17,12(20)21)8-6-11(10-4-2-1-3-5-10)7-9-15(18,19)13(22)23/h1-5,11H,6-9H2,(H,20,21)(H,22,23). The van der Waals surface area contributed by atoms with E-state index >= 15 is 0 Å². The molecular weight excluding hydrogens is 386 g/mol. The highest BCUT2D eigenvalue weighted by Crippen LogP contribution is 2.37. The second-order valence-corrected chi connectivity index (χ2v) is 8.17. The van der Waals surface area contributed by atoms with Crippen molar-refractivity contribution in [3.63, 3.8) is 0 Å². The lowest BCUT2D eigenvalue weighted by molar-refractivity contribution is -0.138. The number of alkyl halides is 4. The van der Waals surface area contributed by atoms with Gasteiger partial charge in [-0.05, 0) is 37.2 Å². The molecule has 0 aromatic heterocycles. The van der Waals surface area contributed by atoms with Crippen LogP contribution in [0.2, 0.25) is 0 Å². The maximum atomic E-state index is 11.0. The lowest BCUT2D eigenvalue weighted by Gasteiger charge is -2.23. The zero-order valence-corrected chi connectivity index (χ0v) is 15.0. The third-order valence-electron chi connectivity index (χ3n) is 3.51. The molecule has 0 saturated heterocycles. The van der Waals surface area contributed by atoms with Crippen LogP contribution in [-0.2, 0) is 9.59 Å². The van der Waals surface area contributed by atoms with Crippen molar-refractivity contribution >= 4 is 58.3 Å². The van der Waals surface area contributed by atoms with Gasteiger partial charge in [-0.3, -0.25) is 0 Å². The number of halogens is 4. The number of hydrogen-bond acceptors (Lipinski definition) is 2. The van der Waals surface area contributed by atoms with E-state index in [4.69, 9.17) is 56.6 Å². The number of benzene rings is 1. The minimum Gasteiger partial charge on any atom is -0.479 e. The van der Waals surface area contributed by atoms with Crippen molar-refractivity contribution < 1.29 is 19.8 Å². The van der Waals surface area contributed by atoms with E-state index in [1.165, 1.54) is 0 Å². The molecule has 1 aromatic carbocycles. The first-order valence-corrected chi connectivity index (χ1v) is 8.35. The molecule has 0 fully saturated rings. The average molecular weight is 402 g/mol. The van der Waals surface area contributed by atoms with Crippen LogP contribution in [0.1, 0.15) is 37.2 Å². The SMILES string of the molecule is O=C(O)C(Cl)(Cl)CCC(CCC(Cl)(Cl)C(=O)O)c1ccccc1. The van der Waals surface area contributed by atoms with Gasteiger partial charge in [0.15, 0.2) is 0 Å². The molecule has 0 amide bonds. The summed E-state index contributed by atoms with van der Waals surface area (Å²) in [7, 11) is 0. The Balaban J connectivity index is 2.83. The van der Waals surface area contributed by atoms with E-state index in [-0.39, 0.29) is 18.8 Å². The topological polar surface area (TPSA) is 74.6 Å². The summed E-state index contributed by atoms with van der Waals surface area (Å²) in [5, 5.41) is 17.9. The molecule has 4 nitrogen and oxygen atoms in total. The number of rotatable bonds is 9. The Hall–Kier alpha value is -0.680. The van der Waals surface area contributed by atoms with Crippen LogP contribution in [-0.4, -0.2) is 30.8 Å². The van der Waals surface area contributed by atoms with Crippen LogP contribution in [0.3, 0.4) is 0 Å². The molecule has 0 atom stereocenters. The Morgan fingerprint density at radius 1 is 0.870 bits per heavy atom. The number of aliphatic carboxylic acids is 2. The molecule has 0 aliphatic rings. The first kappa shape index (κ1) is 20.4. The number of carbonyl (C=O) groups is 2. The molecule has 0 heterocycles. The van der Waals surface area contributed by atoms with E-state index in [0.29, 0.717) is 12.8 Å². The second-order valence-electron chi connectivity index (χ2n) is 5.20. The predicted molar refractivity (Wildman–Crippen MR) is 91.8 cm³/mol. The highest BCUT2D eigenvalue weighted by molar-refractivity contribution is 6.57. The van der Waals surface area contributed by atoms with Gasteiger partial charge in [-0.25, -0.2) is 9.59 Å². The number of hydrogen-bond donors (Lipinski definition) is 2. The summed E-state index contributed by atoms with van der Waals surface area (Å²) in [6.45, 7) is 0. The molecule has 0 radical (unpaired) electrons. The molecule has 1 rings (SSSR count). The summed E-state index contributed by atoms with van der Waals surface area (Å²) >= 11 is 23.1. The van der Waals surface area contributed by atoms with E-state index in [2.05, 4.69) is 0 Å². The summed E-state index contributed by atoms with van der Waals surface area (Å²) in [6, 6.07) is 9.23. The van der Waals surface area contributed by atoms with Crippen LogP contribution in [0.5, 0.6) is 0 Å². The van der Waals surface area contributed by atoms with Gasteiger partial charge in [-0.1, -0.05) is 76.7 Å². The zero-order chi connectivity index (χ0) is 17.7. The normalized spacial score (nSPS) is 12.4. The molecule has 2 N–H and O–H groups in total. The van der Waals surface area contributed by atoms with Crippen LogP contribution in [0.25, 0.3) is 0 Å². The van der Waals surface area contributed by atoms with Gasteiger partial charge < -0.3 is 10.2 Å². The van der Waals surface area contributed by atoms with Crippen LogP contribution >= 0.6 is 46.4 Å². The van der Waals surface area contributed by atoms with Gasteiger partial charge >= 0.3 is 11.9 Å². The molecule has 0 spiro atoms. The molecule has 0 unspecified atom stereocenters. The van der Waals surface area contributed by atoms with Crippen molar-refractivity contribution in [2.45, 2.75) is 40.3 Å². The molecule has 0 bridgehead atoms. The Morgan fingerprint density at radius 2 is 1.26 bits per heavy atom. The fraction of sp³-hybridized carbons (Fsp3) is 0.467. The lowest BCUT2D eigenvalue weighted by atomic mass is 9.88. The summed E-state index contributed by atoms with van der Waals surface area (Å²) in [5.74, 6) is -2.80. The summed E-state index contributed by atoms with van der Waals surface area (Å²) < 4.78 is -3.78. The molecular formula is C15H16Cl4O4. The van der Waals surface area contributed by atoms with E-state index < -0.39 is 20.6 Å². The van der Waals surface area contributed by atoms with E-state index in [1.54, 1.807) is 0 Å². The Labute approximate surface area is 154 Å². The van der Waals surface area contributed by atoms with Crippen molar-refractivity contribution in [1.82, 2.24) is 0 Å². The second kappa shape index (κ2) is 8.43. The van der Waals surface area contributed by atoms with Crippen LogP contribution in [0.15, 0.2) is 30.3 Å². The third kappa shape index (κ3) is 6.38. The molecule has 0 aliphatic heterocycles. The summed E-state index contributed by atoms with van der Waals surface area (Å²) in [4.78, 5) is 22.0. The van der Waals surface area contributed by atoms with Gasteiger partial charge in [0.25, 0.3) is 0 Å². The minimum atomic E-state index is -1.89. The molecule has 8 heteroatoms. The Kier molecular flexibility index (Phi) is 7.46. The van der Waals surface area contributed by atoms with Crippen LogP contribution in [0, 0.1) is 0 Å². The molecule has 0 saturated carbocycles. The summed E-state index contributed by atoms with van der Waals surface area (Å²) in [6.07, 6.45) is 0.727. The predicted octanol–water partition coefficient (Wildman–Crippen LogP) is 4.85. The van der Waals surface area contributed by atoms with Crippen LogP contribution < -0.4 is 0 Å². The largest absolute Gasteiger partial charge is 0.479 e. The molecule has 128 valence electrons. The van der Waals surface area contributed by atoms with Crippen molar-refractivity contribution in [3.8, 4) is 0 Å². The fourth-order valence-corrected chi connectivity index (χ4v) is 2.56. The quantitative estimate of drug-likeness (QED) is 0.580. The van der Waals surface area contributed by atoms with Gasteiger partial charge in [-0.15, -0.1) is 0 Å². The fourth-order valence-electron chi connectivity index (χ4n) is 2.13. The van der Waals surface area contributed by atoms with Gasteiger partial charge in [-0.2, -0.15) is 0 Å². The van der Waals surface area contributed by atoms with Crippen molar-refractivity contribution in [2.24, 2.45) is 0 Å². The van der Waals surface area contributed by atoms with E-state index in [1.807, 2.05) is 30.3 Å². The van der Waals surface area contributed by atoms with Crippen molar-refractivity contribution in [3.05, 3.63) is 35.9 Å². The minimum absolute atomic E-state index is 0.00957. The third-order valence-corrected chi connectivity index (χ3v) is 4.91. The highest BCUT2D eigenvalue weighted by atomic mass is 35.5. The Morgan fingerprint density at radius 3 is 1.61 bits per heavy atom. The average Bonchev–Trinajstić information content (AvgIpc) is 2.47. The van der Waals surface area contributed by atoms with Gasteiger partial charge in [0, 0.05) is 0 Å². The number of carboxylic acids is 2. The maximum Gasteiger partial charge on any atom is 0.340 e. The van der Waals surface area contributed by atoms with Crippen molar-refractivity contribution in [1.29, 1.82) is 0 Å².